The van der Waals surface area contributed by atoms with Gasteiger partial charge in [0, 0.05) is 37.4 Å². The predicted octanol–water partition coefficient (Wildman–Crippen LogP) is 2.66. The minimum Gasteiger partial charge on any atom is -0.368 e. The summed E-state index contributed by atoms with van der Waals surface area (Å²) in [6, 6.07) is 15.2. The van der Waals surface area contributed by atoms with Crippen molar-refractivity contribution in [2.45, 2.75) is 0 Å². The van der Waals surface area contributed by atoms with Crippen LogP contribution in [0.4, 0.5) is 10.1 Å². The number of hydrogen-bond donors (Lipinski definition) is 0. The lowest BCUT2D eigenvalue weighted by Gasteiger charge is -2.36. The molecule has 2 aromatic carbocycles. The quantitative estimate of drug-likeness (QED) is 0.857. The zero-order valence-electron chi connectivity index (χ0n) is 12.6. The van der Waals surface area contributed by atoms with E-state index in [1.165, 1.54) is 24.3 Å². The van der Waals surface area contributed by atoms with Gasteiger partial charge in [0.15, 0.2) is 0 Å². The number of carbonyl (C=O) groups is 1. The SMILES string of the molecule is N#Cc1ccc(N2CCN(C(=O)c3ccc(F)cc3)CC2)cc1. The smallest absolute Gasteiger partial charge is 0.253 e. The molecule has 0 spiro atoms. The van der Waals surface area contributed by atoms with Crippen molar-refractivity contribution in [1.82, 2.24) is 4.90 Å². The molecule has 1 amide bonds. The topological polar surface area (TPSA) is 47.3 Å². The van der Waals surface area contributed by atoms with Crippen LogP contribution in [0.5, 0.6) is 0 Å². The average Bonchev–Trinajstić information content (AvgIpc) is 2.62. The number of hydrogen-bond acceptors (Lipinski definition) is 3. The van der Waals surface area contributed by atoms with Gasteiger partial charge < -0.3 is 9.80 Å². The first-order valence-corrected chi connectivity index (χ1v) is 7.47. The predicted molar refractivity (Wildman–Crippen MR) is 85.7 cm³/mol. The first-order chi connectivity index (χ1) is 11.2. The average molecular weight is 309 g/mol. The summed E-state index contributed by atoms with van der Waals surface area (Å²) in [6.07, 6.45) is 0. The number of rotatable bonds is 2. The number of anilines is 1. The van der Waals surface area contributed by atoms with Crippen molar-refractivity contribution in [3.05, 3.63) is 65.5 Å². The molecule has 0 unspecified atom stereocenters. The second-order valence-corrected chi connectivity index (χ2v) is 5.44. The van der Waals surface area contributed by atoms with Gasteiger partial charge in [-0.15, -0.1) is 0 Å². The Kier molecular flexibility index (Phi) is 4.24. The van der Waals surface area contributed by atoms with Gasteiger partial charge in [-0.25, -0.2) is 4.39 Å². The Balaban J connectivity index is 1.62. The highest BCUT2D eigenvalue weighted by atomic mass is 19.1. The zero-order chi connectivity index (χ0) is 16.2. The molecule has 1 saturated heterocycles. The van der Waals surface area contributed by atoms with Crippen LogP contribution in [0.15, 0.2) is 48.5 Å². The molecule has 0 aromatic heterocycles. The number of halogens is 1. The molecular weight excluding hydrogens is 293 g/mol. The number of piperazine rings is 1. The molecule has 0 saturated carbocycles. The summed E-state index contributed by atoms with van der Waals surface area (Å²) < 4.78 is 12.9. The van der Waals surface area contributed by atoms with E-state index in [-0.39, 0.29) is 11.7 Å². The molecule has 0 atom stereocenters. The Morgan fingerprint density at radius 3 is 2.13 bits per heavy atom. The third-order valence-electron chi connectivity index (χ3n) is 4.02. The molecule has 2 aromatic rings. The Hall–Kier alpha value is -2.87. The fraction of sp³-hybridized carbons (Fsp3) is 0.222. The van der Waals surface area contributed by atoms with Gasteiger partial charge in [-0.1, -0.05) is 0 Å². The third-order valence-corrected chi connectivity index (χ3v) is 4.02. The van der Waals surface area contributed by atoms with Crippen LogP contribution in [0.1, 0.15) is 15.9 Å². The van der Waals surface area contributed by atoms with Gasteiger partial charge in [0.25, 0.3) is 5.91 Å². The van der Waals surface area contributed by atoms with Crippen LogP contribution in [0.25, 0.3) is 0 Å². The summed E-state index contributed by atoms with van der Waals surface area (Å²) in [5.74, 6) is -0.406. The van der Waals surface area contributed by atoms with Gasteiger partial charge in [0.2, 0.25) is 0 Å². The maximum atomic E-state index is 12.9. The standard InChI is InChI=1S/C18H16FN3O/c19-16-5-3-15(4-6-16)18(23)22-11-9-21(10-12-22)17-7-1-14(13-20)2-8-17/h1-8H,9-12H2. The minimum atomic E-state index is -0.341. The highest BCUT2D eigenvalue weighted by molar-refractivity contribution is 5.94. The van der Waals surface area contributed by atoms with Gasteiger partial charge in [0.05, 0.1) is 11.6 Å². The lowest BCUT2D eigenvalue weighted by Crippen LogP contribution is -2.48. The lowest BCUT2D eigenvalue weighted by molar-refractivity contribution is 0.0746. The maximum absolute atomic E-state index is 12.9. The van der Waals surface area contributed by atoms with Crippen molar-refractivity contribution in [3.8, 4) is 6.07 Å². The molecule has 5 heteroatoms. The summed E-state index contributed by atoms with van der Waals surface area (Å²) in [7, 11) is 0. The first kappa shape index (κ1) is 15.0. The molecule has 1 aliphatic rings. The Labute approximate surface area is 134 Å². The Bertz CT molecular complexity index is 726. The van der Waals surface area contributed by atoms with Gasteiger partial charge in [-0.05, 0) is 48.5 Å². The molecule has 4 nitrogen and oxygen atoms in total. The van der Waals surface area contributed by atoms with Crippen molar-refractivity contribution in [3.63, 3.8) is 0 Å². The normalized spacial score (nSPS) is 14.4. The minimum absolute atomic E-state index is 0.0653. The number of benzene rings is 2. The van der Waals surface area contributed by atoms with Crippen LogP contribution in [0, 0.1) is 17.1 Å². The van der Waals surface area contributed by atoms with E-state index in [1.54, 1.807) is 17.0 Å². The van der Waals surface area contributed by atoms with Crippen LogP contribution in [0.2, 0.25) is 0 Å². The lowest BCUT2D eigenvalue weighted by atomic mass is 10.1. The second-order valence-electron chi connectivity index (χ2n) is 5.44. The molecule has 1 heterocycles. The summed E-state index contributed by atoms with van der Waals surface area (Å²) in [5.41, 5.74) is 2.20. The number of nitrogens with zero attached hydrogens (tertiary/aromatic N) is 3. The molecule has 0 aliphatic carbocycles. The van der Waals surface area contributed by atoms with Crippen LogP contribution < -0.4 is 4.90 Å². The van der Waals surface area contributed by atoms with Crippen molar-refractivity contribution < 1.29 is 9.18 Å². The van der Waals surface area contributed by atoms with E-state index in [4.69, 9.17) is 5.26 Å². The molecule has 3 rings (SSSR count). The van der Waals surface area contributed by atoms with Crippen molar-refractivity contribution in [2.75, 3.05) is 31.1 Å². The summed E-state index contributed by atoms with van der Waals surface area (Å²) in [4.78, 5) is 16.4. The second kappa shape index (κ2) is 6.49. The molecule has 0 bridgehead atoms. The van der Waals surface area contributed by atoms with E-state index in [1.807, 2.05) is 12.1 Å². The summed E-state index contributed by atoms with van der Waals surface area (Å²) >= 11 is 0. The largest absolute Gasteiger partial charge is 0.368 e. The highest BCUT2D eigenvalue weighted by Gasteiger charge is 2.22. The zero-order valence-corrected chi connectivity index (χ0v) is 12.6. The fourth-order valence-electron chi connectivity index (χ4n) is 2.69. The molecule has 1 fully saturated rings. The third kappa shape index (κ3) is 3.32. The van der Waals surface area contributed by atoms with E-state index in [9.17, 15) is 9.18 Å². The van der Waals surface area contributed by atoms with Crippen LogP contribution in [-0.4, -0.2) is 37.0 Å². The summed E-state index contributed by atoms with van der Waals surface area (Å²) in [6.45, 7) is 2.71. The number of nitriles is 1. The van der Waals surface area contributed by atoms with E-state index >= 15 is 0 Å². The molecule has 1 aliphatic heterocycles. The van der Waals surface area contributed by atoms with Gasteiger partial charge >= 0.3 is 0 Å². The molecule has 23 heavy (non-hydrogen) atoms. The van der Waals surface area contributed by atoms with E-state index in [0.717, 1.165) is 18.8 Å². The van der Waals surface area contributed by atoms with Gasteiger partial charge in [-0.3, -0.25) is 4.79 Å². The van der Waals surface area contributed by atoms with Crippen LogP contribution in [0.3, 0.4) is 0 Å². The maximum Gasteiger partial charge on any atom is 0.253 e. The monoisotopic (exact) mass is 309 g/mol. The van der Waals surface area contributed by atoms with Crippen LogP contribution >= 0.6 is 0 Å². The van der Waals surface area contributed by atoms with Gasteiger partial charge in [-0.2, -0.15) is 5.26 Å². The van der Waals surface area contributed by atoms with Gasteiger partial charge in [0.1, 0.15) is 5.82 Å². The molecule has 0 radical (unpaired) electrons. The van der Waals surface area contributed by atoms with Crippen molar-refractivity contribution in [1.29, 1.82) is 5.26 Å². The number of amides is 1. The molecule has 0 N–H and O–H groups in total. The van der Waals surface area contributed by atoms with Crippen LogP contribution in [-0.2, 0) is 0 Å². The Morgan fingerprint density at radius 1 is 0.957 bits per heavy atom. The van der Waals surface area contributed by atoms with Crippen molar-refractivity contribution >= 4 is 11.6 Å². The van der Waals surface area contributed by atoms with E-state index in [0.29, 0.717) is 24.2 Å². The summed E-state index contributed by atoms with van der Waals surface area (Å²) in [5, 5.41) is 8.83. The Morgan fingerprint density at radius 2 is 1.57 bits per heavy atom. The van der Waals surface area contributed by atoms with E-state index < -0.39 is 0 Å². The van der Waals surface area contributed by atoms with Crippen molar-refractivity contribution in [2.24, 2.45) is 0 Å². The molecular formula is C18H16FN3O. The highest BCUT2D eigenvalue weighted by Crippen LogP contribution is 2.18. The van der Waals surface area contributed by atoms with E-state index in [2.05, 4.69) is 11.0 Å². The molecule has 116 valence electrons. The fourth-order valence-corrected chi connectivity index (χ4v) is 2.69. The number of carbonyl (C=O) groups excluding carboxylic acids is 1. The first-order valence-electron chi connectivity index (χ1n) is 7.47.